The molecule has 0 atom stereocenters. The van der Waals surface area contributed by atoms with Gasteiger partial charge in [-0.3, -0.25) is 4.79 Å². The Morgan fingerprint density at radius 3 is 2.60 bits per heavy atom. The van der Waals surface area contributed by atoms with Crippen LogP contribution in [0.25, 0.3) is 11.0 Å². The lowest BCUT2D eigenvalue weighted by Crippen LogP contribution is -2.10. The summed E-state index contributed by atoms with van der Waals surface area (Å²) in [7, 11) is 0. The van der Waals surface area contributed by atoms with Crippen LogP contribution >= 0.6 is 15.9 Å². The number of hydrogen-bond acceptors (Lipinski definition) is 5. The van der Waals surface area contributed by atoms with Crippen LogP contribution in [0.5, 0.6) is 17.2 Å². The maximum Gasteiger partial charge on any atom is 0.343 e. The van der Waals surface area contributed by atoms with Crippen LogP contribution in [-0.2, 0) is 0 Å². The van der Waals surface area contributed by atoms with Crippen molar-refractivity contribution in [1.82, 2.24) is 0 Å². The number of benzene rings is 3. The summed E-state index contributed by atoms with van der Waals surface area (Å²) in [5, 5.41) is 0.271. The molecule has 0 amide bonds. The van der Waals surface area contributed by atoms with Crippen molar-refractivity contribution < 1.29 is 23.1 Å². The highest BCUT2D eigenvalue weighted by molar-refractivity contribution is 9.10. The molecular weight excluding hydrogens is 455 g/mol. The van der Waals surface area contributed by atoms with Crippen LogP contribution < -0.4 is 14.9 Å². The fourth-order valence-corrected chi connectivity index (χ4v) is 3.23. The topological polar surface area (TPSA) is 65.7 Å². The second-order valence-electron chi connectivity index (χ2n) is 6.41. The highest BCUT2D eigenvalue weighted by Crippen LogP contribution is 2.31. The molecule has 0 fully saturated rings. The molecule has 1 heterocycles. The quantitative estimate of drug-likeness (QED) is 0.270. The summed E-state index contributed by atoms with van der Waals surface area (Å²) in [6.45, 7) is 1.61. The maximum absolute atomic E-state index is 13.3. The molecule has 0 N–H and O–H groups in total. The minimum Gasteiger partial charge on any atom is -0.457 e. The number of carbonyl (C=O) groups is 1. The third kappa shape index (κ3) is 3.97. The number of aryl methyl sites for hydroxylation is 1. The van der Waals surface area contributed by atoms with E-state index in [4.69, 9.17) is 13.9 Å². The molecule has 7 heteroatoms. The van der Waals surface area contributed by atoms with Gasteiger partial charge in [0.15, 0.2) is 0 Å². The van der Waals surface area contributed by atoms with Crippen LogP contribution in [0.4, 0.5) is 4.39 Å². The normalized spacial score (nSPS) is 10.8. The molecule has 0 saturated carbocycles. The third-order valence-corrected chi connectivity index (χ3v) is 4.96. The Morgan fingerprint density at radius 1 is 1.03 bits per heavy atom. The van der Waals surface area contributed by atoms with Crippen LogP contribution in [0.2, 0.25) is 0 Å². The minimum atomic E-state index is -0.721. The monoisotopic (exact) mass is 468 g/mol. The van der Waals surface area contributed by atoms with Gasteiger partial charge in [0.1, 0.15) is 28.7 Å². The first-order valence-electron chi connectivity index (χ1n) is 8.90. The lowest BCUT2D eigenvalue weighted by molar-refractivity contribution is 0.0734. The van der Waals surface area contributed by atoms with Crippen LogP contribution in [-0.4, -0.2) is 5.97 Å². The molecule has 3 aromatic carbocycles. The first-order chi connectivity index (χ1) is 14.4. The first-order valence-corrected chi connectivity index (χ1v) is 9.69. The Bertz CT molecular complexity index is 1330. The summed E-state index contributed by atoms with van der Waals surface area (Å²) < 4.78 is 30.8. The van der Waals surface area contributed by atoms with Crippen molar-refractivity contribution in [2.24, 2.45) is 0 Å². The standard InChI is InChI=1S/C23H14BrFO5/c1-13-22(30-19-8-3-2-7-18(19)24)21(26)17-10-9-16(12-20(17)28-13)29-23(27)14-5-4-6-15(25)11-14/h2-12H,1H3. The van der Waals surface area contributed by atoms with E-state index in [0.29, 0.717) is 10.2 Å². The van der Waals surface area contributed by atoms with Crippen LogP contribution in [0.1, 0.15) is 16.1 Å². The number of esters is 1. The molecule has 0 spiro atoms. The van der Waals surface area contributed by atoms with Crippen molar-refractivity contribution in [1.29, 1.82) is 0 Å². The van der Waals surface area contributed by atoms with Gasteiger partial charge in [0.25, 0.3) is 0 Å². The molecule has 0 bridgehead atoms. The summed E-state index contributed by atoms with van der Waals surface area (Å²) in [6.07, 6.45) is 0. The Balaban J connectivity index is 1.67. The molecule has 5 nitrogen and oxygen atoms in total. The lowest BCUT2D eigenvalue weighted by Gasteiger charge is -2.11. The first kappa shape index (κ1) is 19.8. The summed E-state index contributed by atoms with van der Waals surface area (Å²) in [4.78, 5) is 25.1. The third-order valence-electron chi connectivity index (χ3n) is 4.31. The smallest absolute Gasteiger partial charge is 0.343 e. The van der Waals surface area contributed by atoms with Gasteiger partial charge in [-0.15, -0.1) is 0 Å². The number of ether oxygens (including phenoxy) is 2. The van der Waals surface area contributed by atoms with Gasteiger partial charge in [-0.2, -0.15) is 0 Å². The van der Waals surface area contributed by atoms with Gasteiger partial charge in [0, 0.05) is 6.07 Å². The molecule has 150 valence electrons. The van der Waals surface area contributed by atoms with Gasteiger partial charge in [0.2, 0.25) is 11.2 Å². The van der Waals surface area contributed by atoms with Gasteiger partial charge < -0.3 is 13.9 Å². The van der Waals surface area contributed by atoms with E-state index in [9.17, 15) is 14.0 Å². The van der Waals surface area contributed by atoms with Crippen molar-refractivity contribution in [3.05, 3.63) is 98.6 Å². The fourth-order valence-electron chi connectivity index (χ4n) is 2.87. The summed E-state index contributed by atoms with van der Waals surface area (Å²) >= 11 is 3.38. The molecule has 4 aromatic rings. The Hall–Kier alpha value is -3.45. The zero-order valence-electron chi connectivity index (χ0n) is 15.6. The fraction of sp³-hybridized carbons (Fsp3) is 0.0435. The number of halogens is 2. The van der Waals surface area contributed by atoms with Gasteiger partial charge in [-0.25, -0.2) is 9.18 Å². The van der Waals surface area contributed by atoms with Crippen LogP contribution in [0, 0.1) is 12.7 Å². The maximum atomic E-state index is 13.3. The Labute approximate surface area is 178 Å². The highest BCUT2D eigenvalue weighted by atomic mass is 79.9. The Kier molecular flexibility index (Phi) is 5.37. The molecule has 0 aliphatic carbocycles. The summed E-state index contributed by atoms with van der Waals surface area (Å²) in [5.74, 6) is -0.272. The summed E-state index contributed by atoms with van der Waals surface area (Å²) in [5.41, 5.74) is -0.0426. The van der Waals surface area contributed by atoms with Crippen LogP contribution in [0.3, 0.4) is 0 Å². The van der Waals surface area contributed by atoms with Crippen molar-refractivity contribution in [3.63, 3.8) is 0 Å². The van der Waals surface area contributed by atoms with Gasteiger partial charge in [-0.1, -0.05) is 18.2 Å². The predicted octanol–water partition coefficient (Wildman–Crippen LogP) is 6.01. The van der Waals surface area contributed by atoms with E-state index in [0.717, 1.165) is 6.07 Å². The van der Waals surface area contributed by atoms with E-state index in [1.165, 1.54) is 36.4 Å². The molecule has 4 rings (SSSR count). The van der Waals surface area contributed by atoms with Crippen molar-refractivity contribution in [2.45, 2.75) is 6.92 Å². The molecule has 0 radical (unpaired) electrons. The molecular formula is C23H14BrFO5. The molecule has 1 aromatic heterocycles. The summed E-state index contributed by atoms with van der Waals surface area (Å²) in [6, 6.07) is 16.7. The van der Waals surface area contributed by atoms with E-state index in [2.05, 4.69) is 15.9 Å². The van der Waals surface area contributed by atoms with Crippen LogP contribution in [0.15, 0.2) is 80.4 Å². The van der Waals surface area contributed by atoms with Crippen molar-refractivity contribution in [2.75, 3.05) is 0 Å². The van der Waals surface area contributed by atoms with E-state index in [1.807, 2.05) is 6.07 Å². The zero-order chi connectivity index (χ0) is 21.3. The second-order valence-corrected chi connectivity index (χ2v) is 7.26. The van der Waals surface area contributed by atoms with E-state index in [-0.39, 0.29) is 39.2 Å². The second kappa shape index (κ2) is 8.12. The van der Waals surface area contributed by atoms with Crippen molar-refractivity contribution >= 4 is 32.9 Å². The molecule has 0 aliphatic heterocycles. The zero-order valence-corrected chi connectivity index (χ0v) is 17.2. The molecule has 0 unspecified atom stereocenters. The van der Waals surface area contributed by atoms with Crippen molar-refractivity contribution in [3.8, 4) is 17.2 Å². The number of fused-ring (bicyclic) bond motifs is 1. The number of carbonyl (C=O) groups excluding carboxylic acids is 1. The molecule has 30 heavy (non-hydrogen) atoms. The van der Waals surface area contributed by atoms with E-state index < -0.39 is 11.8 Å². The van der Waals surface area contributed by atoms with Gasteiger partial charge >= 0.3 is 5.97 Å². The van der Waals surface area contributed by atoms with Gasteiger partial charge in [0.05, 0.1) is 15.4 Å². The average Bonchev–Trinajstić information content (AvgIpc) is 2.72. The molecule has 0 aliphatic rings. The van der Waals surface area contributed by atoms with Gasteiger partial charge in [-0.05, 0) is 65.3 Å². The molecule has 0 saturated heterocycles. The van der Waals surface area contributed by atoms with E-state index >= 15 is 0 Å². The lowest BCUT2D eigenvalue weighted by atomic mass is 10.2. The number of hydrogen-bond donors (Lipinski definition) is 0. The predicted molar refractivity (Wildman–Crippen MR) is 113 cm³/mol. The SMILES string of the molecule is Cc1oc2cc(OC(=O)c3cccc(F)c3)ccc2c(=O)c1Oc1ccccc1Br. The minimum absolute atomic E-state index is 0.0684. The van der Waals surface area contributed by atoms with E-state index in [1.54, 1.807) is 25.1 Å². The highest BCUT2D eigenvalue weighted by Gasteiger charge is 2.17. The number of para-hydroxylation sites is 1. The largest absolute Gasteiger partial charge is 0.457 e. The Morgan fingerprint density at radius 2 is 1.83 bits per heavy atom. The average molecular weight is 469 g/mol. The number of rotatable bonds is 4.